The van der Waals surface area contributed by atoms with Crippen molar-refractivity contribution in [1.29, 1.82) is 0 Å². The molecule has 0 atom stereocenters. The number of benzene rings is 1. The van der Waals surface area contributed by atoms with Crippen molar-refractivity contribution < 1.29 is 18.0 Å². The summed E-state index contributed by atoms with van der Waals surface area (Å²) < 4.78 is 33.5. The zero-order chi connectivity index (χ0) is 14.7. The largest absolute Gasteiger partial charge is 0.435 e. The number of halogens is 2. The Morgan fingerprint density at radius 1 is 1.25 bits per heavy atom. The molecule has 6 heteroatoms. The van der Waals surface area contributed by atoms with Crippen LogP contribution in [0.25, 0.3) is 11.1 Å². The van der Waals surface area contributed by atoms with Crippen LogP contribution in [0.1, 0.15) is 19.5 Å². The molecule has 0 amide bonds. The number of ether oxygens (including phenoxy) is 1. The van der Waals surface area contributed by atoms with Gasteiger partial charge in [0.1, 0.15) is 5.75 Å². The van der Waals surface area contributed by atoms with Gasteiger partial charge >= 0.3 is 6.61 Å². The Balaban J connectivity index is 2.29. The third-order valence-corrected chi connectivity index (χ3v) is 2.76. The van der Waals surface area contributed by atoms with Crippen molar-refractivity contribution in [3.63, 3.8) is 0 Å². The molecule has 108 valence electrons. The van der Waals surface area contributed by atoms with Crippen molar-refractivity contribution >= 4 is 5.88 Å². The molecule has 0 saturated heterocycles. The van der Waals surface area contributed by atoms with Crippen molar-refractivity contribution in [3.8, 4) is 16.9 Å². The van der Waals surface area contributed by atoms with Gasteiger partial charge < -0.3 is 15.0 Å². The predicted molar refractivity (Wildman–Crippen MR) is 71.5 cm³/mol. The standard InChI is InChI=1S/C14H16F2N2O2/c1-8(2)7-11-12(13(17)20-18-11)9-3-5-10(6-4-9)19-14(15)16/h3-6,8,14H,7,17H2,1-2H3. The van der Waals surface area contributed by atoms with Crippen LogP contribution < -0.4 is 10.5 Å². The summed E-state index contributed by atoms with van der Waals surface area (Å²) in [5.74, 6) is 0.729. The van der Waals surface area contributed by atoms with Crippen LogP contribution in [-0.2, 0) is 6.42 Å². The van der Waals surface area contributed by atoms with Crippen molar-refractivity contribution in [2.75, 3.05) is 5.73 Å². The van der Waals surface area contributed by atoms with E-state index in [1.807, 2.05) is 0 Å². The van der Waals surface area contributed by atoms with Gasteiger partial charge in [-0.05, 0) is 30.0 Å². The molecule has 2 N–H and O–H groups in total. The van der Waals surface area contributed by atoms with Gasteiger partial charge in [0.15, 0.2) is 0 Å². The monoisotopic (exact) mass is 282 g/mol. The summed E-state index contributed by atoms with van der Waals surface area (Å²) in [5, 5.41) is 3.95. The van der Waals surface area contributed by atoms with Gasteiger partial charge in [-0.25, -0.2) is 0 Å². The smallest absolute Gasteiger partial charge is 0.387 e. The van der Waals surface area contributed by atoms with Crippen LogP contribution in [0, 0.1) is 5.92 Å². The average molecular weight is 282 g/mol. The molecule has 0 fully saturated rings. The van der Waals surface area contributed by atoms with Crippen molar-refractivity contribution in [1.82, 2.24) is 5.16 Å². The lowest BCUT2D eigenvalue weighted by molar-refractivity contribution is -0.0498. The van der Waals surface area contributed by atoms with E-state index in [0.717, 1.165) is 17.7 Å². The molecule has 0 unspecified atom stereocenters. The van der Waals surface area contributed by atoms with E-state index >= 15 is 0 Å². The fourth-order valence-electron chi connectivity index (χ4n) is 1.98. The highest BCUT2D eigenvalue weighted by Crippen LogP contribution is 2.32. The molecule has 0 spiro atoms. The highest BCUT2D eigenvalue weighted by atomic mass is 19.3. The van der Waals surface area contributed by atoms with E-state index in [2.05, 4.69) is 23.7 Å². The summed E-state index contributed by atoms with van der Waals surface area (Å²) >= 11 is 0. The van der Waals surface area contributed by atoms with Crippen LogP contribution in [0.15, 0.2) is 28.8 Å². The van der Waals surface area contributed by atoms with Crippen LogP contribution >= 0.6 is 0 Å². The number of hydrogen-bond acceptors (Lipinski definition) is 4. The number of hydrogen-bond donors (Lipinski definition) is 1. The number of nitrogens with zero attached hydrogens (tertiary/aromatic N) is 1. The Kier molecular flexibility index (Phi) is 4.22. The third kappa shape index (κ3) is 3.26. The molecular formula is C14H16F2N2O2. The van der Waals surface area contributed by atoms with E-state index in [4.69, 9.17) is 10.3 Å². The normalized spacial score (nSPS) is 11.3. The maximum atomic E-state index is 12.1. The van der Waals surface area contributed by atoms with Gasteiger partial charge in [-0.15, -0.1) is 0 Å². The lowest BCUT2D eigenvalue weighted by Gasteiger charge is -2.07. The van der Waals surface area contributed by atoms with Crippen LogP contribution in [0.2, 0.25) is 0 Å². The maximum absolute atomic E-state index is 12.1. The van der Waals surface area contributed by atoms with E-state index in [9.17, 15) is 8.78 Å². The van der Waals surface area contributed by atoms with Gasteiger partial charge in [-0.2, -0.15) is 8.78 Å². The zero-order valence-electron chi connectivity index (χ0n) is 11.3. The van der Waals surface area contributed by atoms with E-state index in [-0.39, 0.29) is 11.6 Å². The van der Waals surface area contributed by atoms with Crippen molar-refractivity contribution in [2.45, 2.75) is 26.9 Å². The van der Waals surface area contributed by atoms with Gasteiger partial charge in [0.25, 0.3) is 0 Å². The van der Waals surface area contributed by atoms with E-state index in [0.29, 0.717) is 11.5 Å². The highest BCUT2D eigenvalue weighted by molar-refractivity contribution is 5.75. The molecule has 4 nitrogen and oxygen atoms in total. The number of aromatic nitrogens is 1. The zero-order valence-corrected chi connectivity index (χ0v) is 11.3. The Morgan fingerprint density at radius 2 is 1.90 bits per heavy atom. The summed E-state index contributed by atoms with van der Waals surface area (Å²) in [7, 11) is 0. The molecule has 0 bridgehead atoms. The number of anilines is 1. The number of alkyl halides is 2. The van der Waals surface area contributed by atoms with Gasteiger partial charge in [0, 0.05) is 0 Å². The first-order chi connectivity index (χ1) is 9.47. The maximum Gasteiger partial charge on any atom is 0.387 e. The van der Waals surface area contributed by atoms with Crippen molar-refractivity contribution in [2.24, 2.45) is 5.92 Å². The lowest BCUT2D eigenvalue weighted by Crippen LogP contribution is -2.01. The second-order valence-corrected chi connectivity index (χ2v) is 4.87. The molecule has 0 saturated carbocycles. The van der Waals surface area contributed by atoms with Gasteiger partial charge in [-0.3, -0.25) is 0 Å². The minimum absolute atomic E-state index is 0.101. The topological polar surface area (TPSA) is 61.3 Å². The fourth-order valence-corrected chi connectivity index (χ4v) is 1.98. The molecular weight excluding hydrogens is 266 g/mol. The second kappa shape index (κ2) is 5.90. The molecule has 0 aliphatic carbocycles. The Bertz CT molecular complexity index is 565. The van der Waals surface area contributed by atoms with Crippen LogP contribution in [0.4, 0.5) is 14.7 Å². The minimum atomic E-state index is -2.84. The summed E-state index contributed by atoms with van der Waals surface area (Å²) in [4.78, 5) is 0. The van der Waals surface area contributed by atoms with Crippen LogP contribution in [0.5, 0.6) is 5.75 Å². The van der Waals surface area contributed by atoms with Gasteiger partial charge in [-0.1, -0.05) is 31.1 Å². The molecule has 1 aromatic carbocycles. The predicted octanol–water partition coefficient (Wildman–Crippen LogP) is 3.72. The Morgan fingerprint density at radius 3 is 2.45 bits per heavy atom. The molecule has 2 rings (SSSR count). The average Bonchev–Trinajstić information content (AvgIpc) is 2.70. The summed E-state index contributed by atoms with van der Waals surface area (Å²) in [6.45, 7) is 1.29. The Hall–Kier alpha value is -2.11. The molecule has 2 aromatic rings. The van der Waals surface area contributed by atoms with Crippen molar-refractivity contribution in [3.05, 3.63) is 30.0 Å². The molecule has 0 aliphatic heterocycles. The number of nitrogens with two attached hydrogens (primary N) is 1. The first-order valence-electron chi connectivity index (χ1n) is 6.26. The Labute approximate surface area is 115 Å². The fraction of sp³-hybridized carbons (Fsp3) is 0.357. The van der Waals surface area contributed by atoms with Gasteiger partial charge in [0.2, 0.25) is 5.88 Å². The number of rotatable bonds is 5. The van der Waals surface area contributed by atoms with Gasteiger partial charge in [0.05, 0.1) is 11.3 Å². The first kappa shape index (κ1) is 14.3. The third-order valence-electron chi connectivity index (χ3n) is 2.76. The van der Waals surface area contributed by atoms with Crippen LogP contribution in [-0.4, -0.2) is 11.8 Å². The van der Waals surface area contributed by atoms with Crippen LogP contribution in [0.3, 0.4) is 0 Å². The van der Waals surface area contributed by atoms with E-state index in [1.54, 1.807) is 12.1 Å². The molecule has 1 aromatic heterocycles. The molecule has 0 aliphatic rings. The molecule has 0 radical (unpaired) electrons. The lowest BCUT2D eigenvalue weighted by atomic mass is 9.99. The second-order valence-electron chi connectivity index (χ2n) is 4.87. The minimum Gasteiger partial charge on any atom is -0.435 e. The quantitative estimate of drug-likeness (QED) is 0.907. The molecule has 1 heterocycles. The van der Waals surface area contributed by atoms with E-state index < -0.39 is 6.61 Å². The molecule has 20 heavy (non-hydrogen) atoms. The van der Waals surface area contributed by atoms with E-state index in [1.165, 1.54) is 12.1 Å². The summed E-state index contributed by atoms with van der Waals surface area (Å²) in [6, 6.07) is 6.25. The summed E-state index contributed by atoms with van der Waals surface area (Å²) in [6.07, 6.45) is 0.727. The first-order valence-corrected chi connectivity index (χ1v) is 6.26. The SMILES string of the molecule is CC(C)Cc1noc(N)c1-c1ccc(OC(F)F)cc1. The summed E-state index contributed by atoms with van der Waals surface area (Å²) in [5.41, 5.74) is 8.03. The highest BCUT2D eigenvalue weighted by Gasteiger charge is 2.17. The number of nitrogen functional groups attached to an aromatic ring is 1.